The van der Waals surface area contributed by atoms with Crippen molar-refractivity contribution in [1.82, 2.24) is 4.90 Å². The number of benzene rings is 1. The van der Waals surface area contributed by atoms with Crippen LogP contribution in [-0.4, -0.2) is 47.4 Å². The van der Waals surface area contributed by atoms with Gasteiger partial charge in [0.15, 0.2) is 5.17 Å². The molecule has 21 heavy (non-hydrogen) atoms. The summed E-state index contributed by atoms with van der Waals surface area (Å²) in [7, 11) is 0. The number of hydrogen-bond acceptors (Lipinski definition) is 4. The Labute approximate surface area is 132 Å². The topological polar surface area (TPSA) is 59.0 Å². The molecule has 0 radical (unpaired) electrons. The fourth-order valence-electron chi connectivity index (χ4n) is 1.79. The van der Waals surface area contributed by atoms with Crippen LogP contribution in [0, 0.1) is 0 Å². The Morgan fingerprint density at radius 2 is 2.10 bits per heavy atom. The summed E-state index contributed by atoms with van der Waals surface area (Å²) in [4.78, 5) is 29.4. The Balaban J connectivity index is 2.06. The lowest BCUT2D eigenvalue weighted by molar-refractivity contribution is -0.143. The summed E-state index contributed by atoms with van der Waals surface area (Å²) in [6, 6.07) is 6.55. The van der Waals surface area contributed by atoms with Crippen LogP contribution < -0.4 is 0 Å². The van der Waals surface area contributed by atoms with Crippen LogP contribution >= 0.6 is 23.4 Å². The maximum atomic E-state index is 12.1. The summed E-state index contributed by atoms with van der Waals surface area (Å²) >= 11 is 7.24. The third-order valence-electron chi connectivity index (χ3n) is 2.78. The molecule has 1 aliphatic rings. The third-order valence-corrected chi connectivity index (χ3v) is 4.02. The summed E-state index contributed by atoms with van der Waals surface area (Å²) in [5.74, 6) is 0.142. The van der Waals surface area contributed by atoms with Crippen molar-refractivity contribution in [3.8, 4) is 0 Å². The van der Waals surface area contributed by atoms with Gasteiger partial charge in [-0.25, -0.2) is 0 Å². The normalized spacial score (nSPS) is 16.3. The van der Waals surface area contributed by atoms with Crippen molar-refractivity contribution in [2.24, 2.45) is 4.99 Å². The van der Waals surface area contributed by atoms with E-state index in [0.29, 0.717) is 28.9 Å². The van der Waals surface area contributed by atoms with E-state index in [1.807, 2.05) is 0 Å². The number of amidine groups is 1. The number of thioether (sulfide) groups is 1. The molecule has 7 heteroatoms. The average Bonchev–Trinajstić information content (AvgIpc) is 2.87. The third kappa shape index (κ3) is 4.47. The lowest BCUT2D eigenvalue weighted by Gasteiger charge is -2.16. The quantitative estimate of drug-likeness (QED) is 0.795. The molecule has 0 spiro atoms. The van der Waals surface area contributed by atoms with Gasteiger partial charge < -0.3 is 9.64 Å². The van der Waals surface area contributed by atoms with Crippen LogP contribution in [0.1, 0.15) is 17.3 Å². The summed E-state index contributed by atoms with van der Waals surface area (Å²) in [5.41, 5.74) is 0.468. The highest BCUT2D eigenvalue weighted by Gasteiger charge is 2.23. The zero-order valence-electron chi connectivity index (χ0n) is 11.5. The van der Waals surface area contributed by atoms with Crippen LogP contribution in [0.25, 0.3) is 0 Å². The highest BCUT2D eigenvalue weighted by atomic mass is 35.5. The maximum absolute atomic E-state index is 12.1. The molecule has 0 unspecified atom stereocenters. The molecule has 0 bridgehead atoms. The van der Waals surface area contributed by atoms with Crippen LogP contribution in [0.4, 0.5) is 0 Å². The second-order valence-corrected chi connectivity index (χ2v) is 5.78. The Morgan fingerprint density at radius 1 is 1.38 bits per heavy atom. The van der Waals surface area contributed by atoms with Gasteiger partial charge in [-0.3, -0.25) is 9.59 Å². The highest BCUT2D eigenvalue weighted by Crippen LogP contribution is 2.19. The maximum Gasteiger partial charge on any atom is 0.325 e. The van der Waals surface area contributed by atoms with Gasteiger partial charge in [0.1, 0.15) is 6.54 Å². The minimum absolute atomic E-state index is 0.119. The number of nitrogens with zero attached hydrogens (tertiary/aromatic N) is 2. The molecule has 1 aromatic rings. The van der Waals surface area contributed by atoms with Gasteiger partial charge in [0.05, 0.1) is 6.61 Å². The first-order chi connectivity index (χ1) is 10.1. The molecule has 1 heterocycles. The van der Waals surface area contributed by atoms with Gasteiger partial charge in [-0.15, -0.1) is 0 Å². The van der Waals surface area contributed by atoms with Gasteiger partial charge in [0, 0.05) is 22.9 Å². The number of carbonyl (C=O) groups is 2. The van der Waals surface area contributed by atoms with Gasteiger partial charge in [-0.1, -0.05) is 23.4 Å². The van der Waals surface area contributed by atoms with Crippen molar-refractivity contribution in [3.05, 3.63) is 34.9 Å². The van der Waals surface area contributed by atoms with Gasteiger partial charge in [-0.05, 0) is 31.2 Å². The Morgan fingerprint density at radius 3 is 2.76 bits per heavy atom. The molecule has 1 aliphatic heterocycles. The molecule has 1 amide bonds. The van der Waals surface area contributed by atoms with Crippen LogP contribution in [0.2, 0.25) is 5.02 Å². The number of rotatable bonds is 4. The van der Waals surface area contributed by atoms with Crippen LogP contribution in [-0.2, 0) is 9.53 Å². The van der Waals surface area contributed by atoms with E-state index in [1.54, 1.807) is 36.1 Å². The molecule has 0 atom stereocenters. The SMILES string of the molecule is CCOC(=O)CN1CCSC1=NC(=O)c1ccc(Cl)cc1. The number of esters is 1. The summed E-state index contributed by atoms with van der Waals surface area (Å²) in [5, 5.41) is 1.13. The Hall–Kier alpha value is -1.53. The van der Waals surface area contributed by atoms with E-state index < -0.39 is 0 Å². The minimum atomic E-state index is -0.343. The van der Waals surface area contributed by atoms with Crippen LogP contribution in [0.5, 0.6) is 0 Å². The predicted octanol–water partition coefficient (Wildman–Crippen LogP) is 2.45. The number of hydrogen-bond donors (Lipinski definition) is 0. The zero-order valence-corrected chi connectivity index (χ0v) is 13.1. The first kappa shape index (κ1) is 15.9. The number of halogens is 1. The van der Waals surface area contributed by atoms with E-state index >= 15 is 0 Å². The van der Waals surface area contributed by atoms with Crippen molar-refractivity contribution >= 4 is 40.4 Å². The molecular formula is C14H15ClN2O3S. The van der Waals surface area contributed by atoms with Crippen LogP contribution in [0.3, 0.4) is 0 Å². The van der Waals surface area contributed by atoms with E-state index in [4.69, 9.17) is 16.3 Å². The minimum Gasteiger partial charge on any atom is -0.465 e. The number of ether oxygens (including phenoxy) is 1. The molecule has 0 N–H and O–H groups in total. The second-order valence-electron chi connectivity index (χ2n) is 4.28. The second kappa shape index (κ2) is 7.47. The highest BCUT2D eigenvalue weighted by molar-refractivity contribution is 8.14. The number of carbonyl (C=O) groups excluding carboxylic acids is 2. The summed E-state index contributed by atoms with van der Waals surface area (Å²) in [6.07, 6.45) is 0. The van der Waals surface area contributed by atoms with Crippen molar-refractivity contribution < 1.29 is 14.3 Å². The molecule has 0 aliphatic carbocycles. The zero-order chi connectivity index (χ0) is 15.2. The smallest absolute Gasteiger partial charge is 0.325 e. The molecule has 0 saturated carbocycles. The van der Waals surface area contributed by atoms with E-state index in [0.717, 1.165) is 5.75 Å². The predicted molar refractivity (Wildman–Crippen MR) is 83.9 cm³/mol. The molecule has 0 aromatic heterocycles. The lowest BCUT2D eigenvalue weighted by atomic mass is 10.2. The van der Waals surface area contributed by atoms with Gasteiger partial charge in [-0.2, -0.15) is 4.99 Å². The molecule has 5 nitrogen and oxygen atoms in total. The van der Waals surface area contributed by atoms with E-state index in [9.17, 15) is 9.59 Å². The standard InChI is InChI=1S/C14H15ClN2O3S/c1-2-20-12(18)9-17-7-8-21-14(17)16-13(19)10-3-5-11(15)6-4-10/h3-6H,2,7-9H2,1H3. The monoisotopic (exact) mass is 326 g/mol. The molecular weight excluding hydrogens is 312 g/mol. The molecule has 112 valence electrons. The largest absolute Gasteiger partial charge is 0.465 e. The van der Waals surface area contributed by atoms with Crippen molar-refractivity contribution in [2.45, 2.75) is 6.92 Å². The fourth-order valence-corrected chi connectivity index (χ4v) is 2.90. The van der Waals surface area contributed by atoms with E-state index in [1.165, 1.54) is 11.8 Å². The Bertz CT molecular complexity index is 560. The molecule has 2 rings (SSSR count). The molecule has 1 fully saturated rings. The number of aliphatic imine (C=N–C) groups is 1. The molecule has 1 aromatic carbocycles. The van der Waals surface area contributed by atoms with Gasteiger partial charge >= 0.3 is 5.97 Å². The summed E-state index contributed by atoms with van der Waals surface area (Å²) in [6.45, 7) is 2.90. The number of amides is 1. The molecule has 1 saturated heterocycles. The van der Waals surface area contributed by atoms with Crippen molar-refractivity contribution in [1.29, 1.82) is 0 Å². The Kier molecular flexibility index (Phi) is 5.64. The lowest BCUT2D eigenvalue weighted by Crippen LogP contribution is -2.32. The van der Waals surface area contributed by atoms with Crippen LogP contribution in [0.15, 0.2) is 29.3 Å². The van der Waals surface area contributed by atoms with Crippen molar-refractivity contribution in [3.63, 3.8) is 0 Å². The van der Waals surface area contributed by atoms with E-state index in [-0.39, 0.29) is 18.4 Å². The van der Waals surface area contributed by atoms with Crippen molar-refractivity contribution in [2.75, 3.05) is 25.4 Å². The van der Waals surface area contributed by atoms with E-state index in [2.05, 4.69) is 4.99 Å². The first-order valence-corrected chi connectivity index (χ1v) is 7.88. The van der Waals surface area contributed by atoms with Gasteiger partial charge in [0.25, 0.3) is 5.91 Å². The first-order valence-electron chi connectivity index (χ1n) is 6.52. The summed E-state index contributed by atoms with van der Waals surface area (Å²) < 4.78 is 4.91. The average molecular weight is 327 g/mol. The fraction of sp³-hybridized carbons (Fsp3) is 0.357. The van der Waals surface area contributed by atoms with Gasteiger partial charge in [0.2, 0.25) is 0 Å².